The van der Waals surface area contributed by atoms with Crippen molar-refractivity contribution in [2.75, 3.05) is 13.2 Å². The summed E-state index contributed by atoms with van der Waals surface area (Å²) in [5, 5.41) is 23.3. The Hall–Kier alpha value is -1.66. The standard InChI is InChI=1S/C71H137NO5/c1-3-5-7-9-11-13-15-17-19-32-37-41-45-49-53-57-61-65-71(76)77-66-62-58-54-50-46-42-38-34-31-29-27-25-23-21-22-24-26-28-30-33-36-40-44-48-52-56-60-64-70(75)72-68(67-73)69(74)63-59-55-51-47-43-39-35-20-18-16-14-12-10-8-6-4-2/h17,19,21-22,68-69,73-74H,3-16,18,20,23-67H2,1-2H3,(H,72,75)/b19-17-,22-21-. The van der Waals surface area contributed by atoms with Crippen LogP contribution in [0.2, 0.25) is 0 Å². The van der Waals surface area contributed by atoms with Gasteiger partial charge in [-0.3, -0.25) is 9.59 Å². The summed E-state index contributed by atoms with van der Waals surface area (Å²) in [6.07, 6.45) is 83.6. The minimum atomic E-state index is -0.665. The van der Waals surface area contributed by atoms with Gasteiger partial charge in [0, 0.05) is 12.8 Å². The van der Waals surface area contributed by atoms with E-state index in [1.54, 1.807) is 0 Å². The van der Waals surface area contributed by atoms with Crippen molar-refractivity contribution in [3.05, 3.63) is 24.3 Å². The molecule has 0 aromatic rings. The number of aliphatic hydroxyl groups excluding tert-OH is 2. The number of rotatable bonds is 66. The first-order valence-corrected chi connectivity index (χ1v) is 35.1. The van der Waals surface area contributed by atoms with Crippen LogP contribution < -0.4 is 5.32 Å². The average Bonchev–Trinajstić information content (AvgIpc) is 3.43. The first-order valence-electron chi connectivity index (χ1n) is 35.1. The van der Waals surface area contributed by atoms with Gasteiger partial charge in [0.2, 0.25) is 5.91 Å². The highest BCUT2D eigenvalue weighted by molar-refractivity contribution is 5.76. The molecule has 2 unspecified atom stereocenters. The van der Waals surface area contributed by atoms with Gasteiger partial charge in [0.05, 0.1) is 25.4 Å². The van der Waals surface area contributed by atoms with Crippen LogP contribution in [0, 0.1) is 0 Å². The molecule has 0 aromatic heterocycles. The zero-order chi connectivity index (χ0) is 55.7. The van der Waals surface area contributed by atoms with E-state index in [0.717, 1.165) is 44.9 Å². The van der Waals surface area contributed by atoms with Crippen molar-refractivity contribution >= 4 is 11.9 Å². The van der Waals surface area contributed by atoms with Gasteiger partial charge in [0.1, 0.15) is 0 Å². The topological polar surface area (TPSA) is 95.9 Å². The van der Waals surface area contributed by atoms with Crippen molar-refractivity contribution in [1.82, 2.24) is 5.32 Å². The molecule has 0 aliphatic rings. The van der Waals surface area contributed by atoms with Gasteiger partial charge in [-0.1, -0.05) is 327 Å². The SMILES string of the molecule is CCCCCCCC/C=C\CCCCCCCCCC(=O)OCCCCCCCCCCCCCC/C=C\CCCCCCCCCCCCCC(=O)NC(CO)C(O)CCCCCCCCCCCCCCCCCC. The summed E-state index contributed by atoms with van der Waals surface area (Å²) < 4.78 is 5.50. The summed E-state index contributed by atoms with van der Waals surface area (Å²) in [5.41, 5.74) is 0. The Kier molecular flexibility index (Phi) is 65.4. The normalized spacial score (nSPS) is 12.6. The molecule has 0 spiro atoms. The maximum Gasteiger partial charge on any atom is 0.305 e. The number of amides is 1. The Balaban J connectivity index is 3.37. The maximum absolute atomic E-state index is 12.5. The van der Waals surface area contributed by atoms with Crippen LogP contribution in [0.4, 0.5) is 0 Å². The van der Waals surface area contributed by atoms with Crippen LogP contribution >= 0.6 is 0 Å². The lowest BCUT2D eigenvalue weighted by molar-refractivity contribution is -0.143. The molecule has 456 valence electrons. The van der Waals surface area contributed by atoms with E-state index >= 15 is 0 Å². The number of carbonyl (C=O) groups is 2. The second kappa shape index (κ2) is 66.8. The monoisotopic (exact) mass is 1080 g/mol. The fourth-order valence-electron chi connectivity index (χ4n) is 11.1. The third kappa shape index (κ3) is 63.4. The molecule has 0 saturated heterocycles. The van der Waals surface area contributed by atoms with Gasteiger partial charge < -0.3 is 20.3 Å². The van der Waals surface area contributed by atoms with Crippen molar-refractivity contribution in [3.8, 4) is 0 Å². The molecule has 6 heteroatoms. The van der Waals surface area contributed by atoms with Crippen molar-refractivity contribution < 1.29 is 24.5 Å². The molecule has 0 aliphatic carbocycles. The molecule has 0 aromatic carbocycles. The van der Waals surface area contributed by atoms with E-state index in [2.05, 4.69) is 43.5 Å². The zero-order valence-electron chi connectivity index (χ0n) is 52.2. The number of unbranched alkanes of at least 4 members (excludes halogenated alkanes) is 51. The molecule has 0 bridgehead atoms. The Morgan fingerprint density at radius 1 is 0.351 bits per heavy atom. The zero-order valence-corrected chi connectivity index (χ0v) is 52.2. The summed E-state index contributed by atoms with van der Waals surface area (Å²) in [7, 11) is 0. The number of hydrogen-bond acceptors (Lipinski definition) is 5. The van der Waals surface area contributed by atoms with Crippen LogP contribution in [0.25, 0.3) is 0 Å². The van der Waals surface area contributed by atoms with E-state index in [0.29, 0.717) is 25.9 Å². The lowest BCUT2D eigenvalue weighted by atomic mass is 10.0. The van der Waals surface area contributed by atoms with E-state index in [4.69, 9.17) is 4.74 Å². The molecular formula is C71H137NO5. The molecule has 0 aliphatic heterocycles. The molecule has 3 N–H and O–H groups in total. The smallest absolute Gasteiger partial charge is 0.305 e. The second-order valence-corrected chi connectivity index (χ2v) is 24.2. The summed E-state index contributed by atoms with van der Waals surface area (Å²) in [4.78, 5) is 24.6. The van der Waals surface area contributed by atoms with Crippen LogP contribution in [-0.4, -0.2) is 47.4 Å². The van der Waals surface area contributed by atoms with Crippen molar-refractivity contribution in [2.24, 2.45) is 0 Å². The first-order chi connectivity index (χ1) is 38.0. The van der Waals surface area contributed by atoms with Gasteiger partial charge >= 0.3 is 5.97 Å². The Morgan fingerprint density at radius 3 is 0.922 bits per heavy atom. The van der Waals surface area contributed by atoms with Crippen LogP contribution in [-0.2, 0) is 14.3 Å². The summed E-state index contributed by atoms with van der Waals surface area (Å²) in [6.45, 7) is 4.98. The number of allylic oxidation sites excluding steroid dienone is 4. The van der Waals surface area contributed by atoms with E-state index in [1.807, 2.05) is 0 Å². The highest BCUT2D eigenvalue weighted by atomic mass is 16.5. The number of aliphatic hydroxyl groups is 2. The Bertz CT molecular complexity index is 1200. The lowest BCUT2D eigenvalue weighted by Gasteiger charge is -2.22. The first kappa shape index (κ1) is 75.3. The highest BCUT2D eigenvalue weighted by Gasteiger charge is 2.20. The molecule has 77 heavy (non-hydrogen) atoms. The predicted molar refractivity (Wildman–Crippen MR) is 338 cm³/mol. The average molecular weight is 1080 g/mol. The molecule has 0 heterocycles. The highest BCUT2D eigenvalue weighted by Crippen LogP contribution is 2.19. The van der Waals surface area contributed by atoms with Gasteiger partial charge in [-0.25, -0.2) is 0 Å². The molecule has 2 atom stereocenters. The van der Waals surface area contributed by atoms with Crippen LogP contribution in [0.3, 0.4) is 0 Å². The quantitative estimate of drug-likeness (QED) is 0.0320. The van der Waals surface area contributed by atoms with Gasteiger partial charge in [0.25, 0.3) is 0 Å². The molecule has 0 saturated carbocycles. The lowest BCUT2D eigenvalue weighted by Crippen LogP contribution is -2.45. The Labute approximate surface area is 481 Å². The van der Waals surface area contributed by atoms with Crippen LogP contribution in [0.15, 0.2) is 24.3 Å². The number of ether oxygens (including phenoxy) is 1. The number of esters is 1. The van der Waals surface area contributed by atoms with Gasteiger partial charge in [-0.2, -0.15) is 0 Å². The molecule has 0 fully saturated rings. The largest absolute Gasteiger partial charge is 0.466 e. The fourth-order valence-corrected chi connectivity index (χ4v) is 11.1. The van der Waals surface area contributed by atoms with E-state index in [1.165, 1.54) is 315 Å². The predicted octanol–water partition coefficient (Wildman–Crippen LogP) is 22.5. The number of carbonyl (C=O) groups excluding carboxylic acids is 2. The second-order valence-electron chi connectivity index (χ2n) is 24.2. The summed E-state index contributed by atoms with van der Waals surface area (Å²) >= 11 is 0. The number of nitrogens with one attached hydrogen (secondary N) is 1. The van der Waals surface area contributed by atoms with Crippen LogP contribution in [0.5, 0.6) is 0 Å². The van der Waals surface area contributed by atoms with Crippen molar-refractivity contribution in [1.29, 1.82) is 0 Å². The molecule has 0 rings (SSSR count). The third-order valence-electron chi connectivity index (χ3n) is 16.5. The summed E-state index contributed by atoms with van der Waals surface area (Å²) in [5.74, 6) is -0.0202. The molecular weight excluding hydrogens is 947 g/mol. The van der Waals surface area contributed by atoms with E-state index in [9.17, 15) is 19.8 Å². The molecule has 0 radical (unpaired) electrons. The molecule has 6 nitrogen and oxygen atoms in total. The van der Waals surface area contributed by atoms with Gasteiger partial charge in [-0.05, 0) is 77.0 Å². The minimum Gasteiger partial charge on any atom is -0.466 e. The van der Waals surface area contributed by atoms with Crippen molar-refractivity contribution in [3.63, 3.8) is 0 Å². The fraction of sp³-hybridized carbons (Fsp3) is 0.915. The third-order valence-corrected chi connectivity index (χ3v) is 16.5. The minimum absolute atomic E-state index is 0.0125. The van der Waals surface area contributed by atoms with Gasteiger partial charge in [-0.15, -0.1) is 0 Å². The van der Waals surface area contributed by atoms with Gasteiger partial charge in [0.15, 0.2) is 0 Å². The van der Waals surface area contributed by atoms with Crippen LogP contribution in [0.1, 0.15) is 393 Å². The van der Waals surface area contributed by atoms with E-state index < -0.39 is 12.1 Å². The Morgan fingerprint density at radius 2 is 0.610 bits per heavy atom. The maximum atomic E-state index is 12.5. The summed E-state index contributed by atoms with van der Waals surface area (Å²) in [6, 6.07) is -0.542. The molecule has 1 amide bonds. The van der Waals surface area contributed by atoms with Crippen molar-refractivity contribution in [2.45, 2.75) is 405 Å². The number of hydrogen-bond donors (Lipinski definition) is 3. The van der Waals surface area contributed by atoms with E-state index in [-0.39, 0.29) is 18.5 Å².